The number of nitrogens with one attached hydrogen (secondary N) is 1. The Morgan fingerprint density at radius 1 is 1.25 bits per heavy atom. The molecule has 0 aliphatic heterocycles. The van der Waals surface area contributed by atoms with Crippen LogP contribution in [0.15, 0.2) is 42.5 Å². The zero-order chi connectivity index (χ0) is 14.5. The fourth-order valence-corrected chi connectivity index (χ4v) is 1.94. The third-order valence-corrected chi connectivity index (χ3v) is 2.90. The number of rotatable bonds is 4. The first-order valence-corrected chi connectivity index (χ1v) is 6.51. The van der Waals surface area contributed by atoms with Gasteiger partial charge < -0.3 is 15.8 Å². The minimum atomic E-state index is -0.405. The van der Waals surface area contributed by atoms with E-state index in [1.165, 1.54) is 0 Å². The Morgan fingerprint density at radius 3 is 2.70 bits per heavy atom. The van der Waals surface area contributed by atoms with Gasteiger partial charge in [-0.2, -0.15) is 0 Å². The first-order valence-electron chi connectivity index (χ1n) is 6.51. The molecule has 2 aromatic rings. The summed E-state index contributed by atoms with van der Waals surface area (Å²) in [5.41, 5.74) is 9.58. The Balaban J connectivity index is 2.29. The molecule has 2 rings (SSSR count). The fraction of sp³-hybridized carbons (Fsp3) is 0.188. The first-order chi connectivity index (χ1) is 9.61. The van der Waals surface area contributed by atoms with Crippen LogP contribution in [-0.2, 0) is 4.74 Å². The van der Waals surface area contributed by atoms with Crippen molar-refractivity contribution >= 4 is 23.0 Å². The average molecular weight is 270 g/mol. The van der Waals surface area contributed by atoms with Crippen LogP contribution in [0.3, 0.4) is 0 Å². The quantitative estimate of drug-likeness (QED) is 0.659. The average Bonchev–Trinajstić information content (AvgIpc) is 2.41. The largest absolute Gasteiger partial charge is 0.462 e. The van der Waals surface area contributed by atoms with Crippen LogP contribution < -0.4 is 11.1 Å². The van der Waals surface area contributed by atoms with Gasteiger partial charge in [0.1, 0.15) is 0 Å². The van der Waals surface area contributed by atoms with Crippen LogP contribution in [-0.4, -0.2) is 12.6 Å². The Labute approximate surface area is 118 Å². The summed E-state index contributed by atoms with van der Waals surface area (Å²) >= 11 is 0. The molecular weight excluding hydrogens is 252 g/mol. The number of carbonyl (C=O) groups is 1. The minimum absolute atomic E-state index is 0.327. The second-order valence-corrected chi connectivity index (χ2v) is 4.48. The highest BCUT2D eigenvalue weighted by molar-refractivity contribution is 5.98. The number of nitrogen functional groups attached to an aromatic ring is 1. The molecule has 0 fully saturated rings. The number of anilines is 3. The van der Waals surface area contributed by atoms with Crippen molar-refractivity contribution < 1.29 is 9.53 Å². The van der Waals surface area contributed by atoms with Crippen molar-refractivity contribution in [2.75, 3.05) is 17.7 Å². The molecule has 0 aliphatic carbocycles. The SMILES string of the molecule is CCOC(=O)c1cccc(Nc2cccc(C)c2)c1N. The topological polar surface area (TPSA) is 64.3 Å². The second kappa shape index (κ2) is 6.10. The lowest BCUT2D eigenvalue weighted by Crippen LogP contribution is -2.09. The van der Waals surface area contributed by atoms with Crippen LogP contribution in [0.4, 0.5) is 17.1 Å². The van der Waals surface area contributed by atoms with Crippen LogP contribution >= 0.6 is 0 Å². The molecular formula is C16H18N2O2. The monoisotopic (exact) mass is 270 g/mol. The van der Waals surface area contributed by atoms with Gasteiger partial charge in [0.15, 0.2) is 0 Å². The molecule has 3 N–H and O–H groups in total. The molecule has 0 spiro atoms. The molecule has 0 aromatic heterocycles. The summed E-state index contributed by atoms with van der Waals surface area (Å²) in [6.07, 6.45) is 0. The van der Waals surface area contributed by atoms with Crippen molar-refractivity contribution in [2.24, 2.45) is 0 Å². The summed E-state index contributed by atoms with van der Waals surface area (Å²) in [7, 11) is 0. The number of aryl methyl sites for hydroxylation is 1. The highest BCUT2D eigenvalue weighted by Gasteiger charge is 2.13. The number of ether oxygens (including phenoxy) is 1. The molecule has 0 aliphatic rings. The zero-order valence-electron chi connectivity index (χ0n) is 11.6. The van der Waals surface area contributed by atoms with Gasteiger partial charge in [-0.25, -0.2) is 4.79 Å². The van der Waals surface area contributed by atoms with Crippen LogP contribution in [0.1, 0.15) is 22.8 Å². The van der Waals surface area contributed by atoms with Gasteiger partial charge in [0, 0.05) is 5.69 Å². The number of hydrogen-bond acceptors (Lipinski definition) is 4. The van der Waals surface area contributed by atoms with Crippen molar-refractivity contribution in [3.05, 3.63) is 53.6 Å². The number of nitrogens with two attached hydrogens (primary N) is 1. The molecule has 104 valence electrons. The van der Waals surface area contributed by atoms with Crippen molar-refractivity contribution in [3.63, 3.8) is 0 Å². The zero-order valence-corrected chi connectivity index (χ0v) is 11.6. The van der Waals surface area contributed by atoms with Crippen LogP contribution in [0.2, 0.25) is 0 Å². The molecule has 2 aromatic carbocycles. The van der Waals surface area contributed by atoms with Gasteiger partial charge in [0.2, 0.25) is 0 Å². The molecule has 0 amide bonds. The van der Waals surface area contributed by atoms with E-state index in [1.807, 2.05) is 37.3 Å². The molecule has 0 saturated carbocycles. The summed E-state index contributed by atoms with van der Waals surface area (Å²) in [6, 6.07) is 13.2. The maximum absolute atomic E-state index is 11.8. The van der Waals surface area contributed by atoms with E-state index in [4.69, 9.17) is 10.5 Å². The Morgan fingerprint density at radius 2 is 2.00 bits per heavy atom. The van der Waals surface area contributed by atoms with Crippen LogP contribution in [0.25, 0.3) is 0 Å². The number of hydrogen-bond donors (Lipinski definition) is 2. The maximum atomic E-state index is 11.8. The van der Waals surface area contributed by atoms with Crippen molar-refractivity contribution in [2.45, 2.75) is 13.8 Å². The highest BCUT2D eigenvalue weighted by atomic mass is 16.5. The summed E-state index contributed by atoms with van der Waals surface area (Å²) in [6.45, 7) is 4.11. The predicted octanol–water partition coefficient (Wildman–Crippen LogP) is 3.50. The number of carbonyl (C=O) groups excluding carboxylic acids is 1. The van der Waals surface area contributed by atoms with Gasteiger partial charge in [0.25, 0.3) is 0 Å². The first kappa shape index (κ1) is 13.9. The van der Waals surface area contributed by atoms with E-state index >= 15 is 0 Å². The second-order valence-electron chi connectivity index (χ2n) is 4.48. The Bertz CT molecular complexity index is 624. The van der Waals surface area contributed by atoms with Gasteiger partial charge in [-0.1, -0.05) is 18.2 Å². The third-order valence-electron chi connectivity index (χ3n) is 2.90. The minimum Gasteiger partial charge on any atom is -0.462 e. The van der Waals surface area contributed by atoms with Crippen molar-refractivity contribution in [1.82, 2.24) is 0 Å². The summed E-state index contributed by atoms with van der Waals surface area (Å²) in [4.78, 5) is 11.8. The lowest BCUT2D eigenvalue weighted by Gasteiger charge is -2.12. The van der Waals surface area contributed by atoms with E-state index < -0.39 is 5.97 Å². The van der Waals surface area contributed by atoms with Gasteiger partial charge >= 0.3 is 5.97 Å². The van der Waals surface area contributed by atoms with E-state index in [1.54, 1.807) is 19.1 Å². The highest BCUT2D eigenvalue weighted by Crippen LogP contribution is 2.27. The maximum Gasteiger partial charge on any atom is 0.340 e. The number of benzene rings is 2. The van der Waals surface area contributed by atoms with Gasteiger partial charge in [-0.05, 0) is 43.7 Å². The van der Waals surface area contributed by atoms with E-state index in [9.17, 15) is 4.79 Å². The summed E-state index contributed by atoms with van der Waals surface area (Å²) in [5, 5.41) is 3.22. The van der Waals surface area contributed by atoms with E-state index in [2.05, 4.69) is 5.32 Å². The van der Waals surface area contributed by atoms with Gasteiger partial charge in [-0.3, -0.25) is 0 Å². The lowest BCUT2D eigenvalue weighted by atomic mass is 10.1. The molecule has 4 nitrogen and oxygen atoms in total. The van der Waals surface area contributed by atoms with Crippen molar-refractivity contribution in [3.8, 4) is 0 Å². The number of esters is 1. The number of para-hydroxylation sites is 1. The molecule has 0 unspecified atom stereocenters. The smallest absolute Gasteiger partial charge is 0.340 e. The van der Waals surface area contributed by atoms with E-state index in [0.29, 0.717) is 23.5 Å². The predicted molar refractivity (Wildman–Crippen MR) is 81.3 cm³/mol. The summed E-state index contributed by atoms with van der Waals surface area (Å²) in [5.74, 6) is -0.405. The normalized spacial score (nSPS) is 10.1. The van der Waals surface area contributed by atoms with Crippen LogP contribution in [0.5, 0.6) is 0 Å². The standard InChI is InChI=1S/C16H18N2O2/c1-3-20-16(19)13-8-5-9-14(15(13)17)18-12-7-4-6-11(2)10-12/h4-10,18H,3,17H2,1-2H3. The molecule has 0 atom stereocenters. The van der Waals surface area contributed by atoms with Crippen molar-refractivity contribution in [1.29, 1.82) is 0 Å². The molecule has 0 saturated heterocycles. The molecule has 20 heavy (non-hydrogen) atoms. The fourth-order valence-electron chi connectivity index (χ4n) is 1.94. The Hall–Kier alpha value is -2.49. The van der Waals surface area contributed by atoms with Crippen LogP contribution in [0, 0.1) is 6.92 Å². The van der Waals surface area contributed by atoms with Gasteiger partial charge in [-0.15, -0.1) is 0 Å². The third kappa shape index (κ3) is 3.09. The molecule has 4 heteroatoms. The molecule has 0 heterocycles. The lowest BCUT2D eigenvalue weighted by molar-refractivity contribution is 0.0527. The van der Waals surface area contributed by atoms with E-state index in [-0.39, 0.29) is 0 Å². The molecule has 0 bridgehead atoms. The summed E-state index contributed by atoms with van der Waals surface area (Å²) < 4.78 is 4.99. The Kier molecular flexibility index (Phi) is 4.25. The van der Waals surface area contributed by atoms with E-state index in [0.717, 1.165) is 11.3 Å². The molecule has 0 radical (unpaired) electrons. The van der Waals surface area contributed by atoms with Gasteiger partial charge in [0.05, 0.1) is 23.5 Å².